The number of carbonyl (C=O) groups is 1. The number of nitrogen functional groups attached to an aromatic ring is 1. The fourth-order valence-corrected chi connectivity index (χ4v) is 5.78. The number of pyridine rings is 2. The van der Waals surface area contributed by atoms with Gasteiger partial charge >= 0.3 is 6.18 Å². The average Bonchev–Trinajstić information content (AvgIpc) is 3.30. The van der Waals surface area contributed by atoms with E-state index in [0.717, 1.165) is 48.4 Å². The molecular formula is C27H29F3N4O. The van der Waals surface area contributed by atoms with E-state index < -0.39 is 11.7 Å². The highest BCUT2D eigenvalue weighted by molar-refractivity contribution is 5.98. The van der Waals surface area contributed by atoms with E-state index in [2.05, 4.69) is 9.97 Å². The molecular weight excluding hydrogens is 453 g/mol. The fraction of sp³-hybridized carbons (Fsp3) is 0.444. The summed E-state index contributed by atoms with van der Waals surface area (Å²) >= 11 is 0. The first kappa shape index (κ1) is 23.6. The quantitative estimate of drug-likeness (QED) is 0.484. The number of carbonyl (C=O) groups excluding carboxylic acids is 1. The van der Waals surface area contributed by atoms with Crippen molar-refractivity contribution in [3.05, 3.63) is 65.0 Å². The summed E-state index contributed by atoms with van der Waals surface area (Å²) in [5, 5.41) is 0.828. The zero-order valence-corrected chi connectivity index (χ0v) is 19.7. The number of anilines is 1. The largest absolute Gasteiger partial charge is 0.417 e. The molecule has 1 aromatic carbocycles. The lowest BCUT2D eigenvalue weighted by Crippen LogP contribution is -2.43. The Bertz CT molecular complexity index is 1240. The summed E-state index contributed by atoms with van der Waals surface area (Å²) in [7, 11) is 0. The Balaban J connectivity index is 1.46. The number of rotatable bonds is 4. The maximum atomic E-state index is 13.8. The molecule has 2 fully saturated rings. The van der Waals surface area contributed by atoms with Crippen molar-refractivity contribution in [3.8, 4) is 0 Å². The van der Waals surface area contributed by atoms with Gasteiger partial charge in [-0.3, -0.25) is 9.78 Å². The summed E-state index contributed by atoms with van der Waals surface area (Å²) in [5.41, 5.74) is 7.68. The van der Waals surface area contributed by atoms with Crippen LogP contribution in [0, 0.1) is 18.8 Å². The van der Waals surface area contributed by atoms with Gasteiger partial charge in [0, 0.05) is 23.2 Å². The minimum Gasteiger partial charge on any atom is -0.383 e. The lowest BCUT2D eigenvalue weighted by Gasteiger charge is -2.39. The van der Waals surface area contributed by atoms with E-state index >= 15 is 0 Å². The van der Waals surface area contributed by atoms with E-state index in [0.29, 0.717) is 28.5 Å². The first-order valence-electron chi connectivity index (χ1n) is 12.2. The molecule has 5 rings (SSSR count). The normalized spacial score (nSPS) is 22.2. The SMILES string of the molecule is Cc1cc2cc(C(=O)N(Cc3ccc(C(F)(F)F)cn3)[C@H]3CC[C@H]4CCC[C@H]4C3)ccc2nc1N. The predicted octanol–water partition coefficient (Wildman–Crippen LogP) is 6.15. The summed E-state index contributed by atoms with van der Waals surface area (Å²) < 4.78 is 39.0. The van der Waals surface area contributed by atoms with E-state index in [1.807, 2.05) is 24.0 Å². The molecule has 3 atom stereocenters. The van der Waals surface area contributed by atoms with Crippen LogP contribution in [0.4, 0.5) is 19.0 Å². The summed E-state index contributed by atoms with van der Waals surface area (Å²) in [6.07, 6.45) is 3.00. The lowest BCUT2D eigenvalue weighted by molar-refractivity contribution is -0.137. The lowest BCUT2D eigenvalue weighted by atomic mass is 9.78. The summed E-state index contributed by atoms with van der Waals surface area (Å²) in [6.45, 7) is 2.05. The van der Waals surface area contributed by atoms with E-state index in [-0.39, 0.29) is 18.5 Å². The number of nitrogens with zero attached hydrogens (tertiary/aromatic N) is 3. The van der Waals surface area contributed by atoms with Crippen molar-refractivity contribution in [2.75, 3.05) is 5.73 Å². The number of hydrogen-bond acceptors (Lipinski definition) is 4. The molecule has 0 radical (unpaired) electrons. The Kier molecular flexibility index (Phi) is 6.15. The van der Waals surface area contributed by atoms with Gasteiger partial charge in [0.15, 0.2) is 0 Å². The van der Waals surface area contributed by atoms with Crippen LogP contribution in [0.3, 0.4) is 0 Å². The van der Waals surface area contributed by atoms with Crippen LogP contribution in [0.25, 0.3) is 10.9 Å². The van der Waals surface area contributed by atoms with Gasteiger partial charge in [0.25, 0.3) is 5.91 Å². The van der Waals surface area contributed by atoms with Gasteiger partial charge in [-0.1, -0.05) is 19.3 Å². The molecule has 3 aromatic rings. The first-order valence-corrected chi connectivity index (χ1v) is 12.2. The Labute approximate surface area is 202 Å². The molecule has 0 aliphatic heterocycles. The van der Waals surface area contributed by atoms with Crippen LogP contribution in [-0.4, -0.2) is 26.8 Å². The maximum Gasteiger partial charge on any atom is 0.417 e. The first-order chi connectivity index (χ1) is 16.7. The van der Waals surface area contributed by atoms with Gasteiger partial charge in [-0.2, -0.15) is 13.2 Å². The topological polar surface area (TPSA) is 72.1 Å². The summed E-state index contributed by atoms with van der Waals surface area (Å²) in [6, 6.07) is 9.73. The molecule has 0 unspecified atom stereocenters. The number of aromatic nitrogens is 2. The molecule has 2 saturated carbocycles. The molecule has 2 aliphatic rings. The number of alkyl halides is 3. The van der Waals surface area contributed by atoms with Crippen molar-refractivity contribution < 1.29 is 18.0 Å². The van der Waals surface area contributed by atoms with Crippen molar-refractivity contribution in [1.29, 1.82) is 0 Å². The van der Waals surface area contributed by atoms with E-state index in [1.165, 1.54) is 25.3 Å². The highest BCUT2D eigenvalue weighted by Gasteiger charge is 2.38. The Hall–Kier alpha value is -3.16. The van der Waals surface area contributed by atoms with Crippen molar-refractivity contribution in [2.45, 2.75) is 64.2 Å². The van der Waals surface area contributed by atoms with E-state index in [4.69, 9.17) is 5.73 Å². The zero-order valence-electron chi connectivity index (χ0n) is 19.7. The van der Waals surface area contributed by atoms with Crippen LogP contribution in [0.5, 0.6) is 0 Å². The predicted molar refractivity (Wildman–Crippen MR) is 128 cm³/mol. The fourth-order valence-electron chi connectivity index (χ4n) is 5.78. The number of amides is 1. The zero-order chi connectivity index (χ0) is 24.7. The second-order valence-electron chi connectivity index (χ2n) is 9.98. The van der Waals surface area contributed by atoms with Gasteiger partial charge in [-0.25, -0.2) is 4.98 Å². The van der Waals surface area contributed by atoms with Crippen molar-refractivity contribution in [2.24, 2.45) is 11.8 Å². The molecule has 2 heterocycles. The molecule has 184 valence electrons. The second-order valence-corrected chi connectivity index (χ2v) is 9.98. The molecule has 8 heteroatoms. The van der Waals surface area contributed by atoms with Crippen molar-refractivity contribution in [3.63, 3.8) is 0 Å². The van der Waals surface area contributed by atoms with Gasteiger partial charge in [0.2, 0.25) is 0 Å². The maximum absolute atomic E-state index is 13.8. The smallest absolute Gasteiger partial charge is 0.383 e. The molecule has 2 aromatic heterocycles. The molecule has 0 saturated heterocycles. The van der Waals surface area contributed by atoms with Crippen LogP contribution in [0.2, 0.25) is 0 Å². The number of nitrogens with two attached hydrogens (primary N) is 1. The van der Waals surface area contributed by atoms with Crippen LogP contribution in [0.1, 0.15) is 65.7 Å². The number of fused-ring (bicyclic) bond motifs is 2. The van der Waals surface area contributed by atoms with Crippen LogP contribution < -0.4 is 5.73 Å². The molecule has 1 amide bonds. The number of benzene rings is 1. The third-order valence-electron chi connectivity index (χ3n) is 7.74. The third kappa shape index (κ3) is 4.83. The van der Waals surface area contributed by atoms with E-state index in [9.17, 15) is 18.0 Å². The molecule has 5 nitrogen and oxygen atoms in total. The molecule has 2 N–H and O–H groups in total. The average molecular weight is 483 g/mol. The number of aryl methyl sites for hydroxylation is 1. The van der Waals surface area contributed by atoms with Crippen LogP contribution >= 0.6 is 0 Å². The van der Waals surface area contributed by atoms with Gasteiger partial charge in [0.1, 0.15) is 5.82 Å². The third-order valence-corrected chi connectivity index (χ3v) is 7.74. The second kappa shape index (κ2) is 9.13. The minimum atomic E-state index is -4.44. The van der Waals surface area contributed by atoms with Crippen molar-refractivity contribution in [1.82, 2.24) is 14.9 Å². The minimum absolute atomic E-state index is 0.0351. The molecule has 0 spiro atoms. The van der Waals surface area contributed by atoms with Gasteiger partial charge in [-0.15, -0.1) is 0 Å². The van der Waals surface area contributed by atoms with Crippen molar-refractivity contribution >= 4 is 22.6 Å². The number of halogens is 3. The Morgan fingerprint density at radius 3 is 2.63 bits per heavy atom. The van der Waals surface area contributed by atoms with Gasteiger partial charge in [-0.05, 0) is 80.0 Å². The molecule has 35 heavy (non-hydrogen) atoms. The number of hydrogen-bond donors (Lipinski definition) is 1. The van der Waals surface area contributed by atoms with Gasteiger partial charge < -0.3 is 10.6 Å². The van der Waals surface area contributed by atoms with Gasteiger partial charge in [0.05, 0.1) is 23.3 Å². The molecule has 2 aliphatic carbocycles. The Morgan fingerprint density at radius 1 is 1.09 bits per heavy atom. The van der Waals surface area contributed by atoms with Crippen LogP contribution in [0.15, 0.2) is 42.6 Å². The monoisotopic (exact) mass is 482 g/mol. The summed E-state index contributed by atoms with van der Waals surface area (Å²) in [5.74, 6) is 1.66. The van der Waals surface area contributed by atoms with Crippen LogP contribution in [-0.2, 0) is 12.7 Å². The highest BCUT2D eigenvalue weighted by atomic mass is 19.4. The Morgan fingerprint density at radius 2 is 1.89 bits per heavy atom. The standard InChI is InChI=1S/C27H29F3N4O/c1-16-11-20-12-19(6-10-24(20)33-25(16)31)26(35)34(23-9-5-17-3-2-4-18(17)13-23)15-22-8-7-21(14-32-22)27(28,29)30/h6-8,10-12,14,17-18,23H,2-5,9,13,15H2,1H3,(H2,31,33)/t17-,18+,23+/m1/s1. The summed E-state index contributed by atoms with van der Waals surface area (Å²) in [4.78, 5) is 24.1. The molecule has 0 bridgehead atoms. The highest BCUT2D eigenvalue weighted by Crippen LogP contribution is 2.44. The van der Waals surface area contributed by atoms with E-state index in [1.54, 1.807) is 12.1 Å².